The van der Waals surface area contributed by atoms with E-state index in [1.165, 1.54) is 0 Å². The number of nitrogens with two attached hydrogens (primary N) is 1. The number of hydrogen-bond acceptors (Lipinski definition) is 4. The van der Waals surface area contributed by atoms with Gasteiger partial charge in [0.1, 0.15) is 0 Å². The number of halogens is 1. The van der Waals surface area contributed by atoms with Crippen LogP contribution in [0.25, 0.3) is 0 Å². The van der Waals surface area contributed by atoms with Crippen LogP contribution >= 0.6 is 12.4 Å². The van der Waals surface area contributed by atoms with Gasteiger partial charge >= 0.3 is 0 Å². The minimum atomic E-state index is -0.334. The summed E-state index contributed by atoms with van der Waals surface area (Å²) in [7, 11) is 0. The summed E-state index contributed by atoms with van der Waals surface area (Å²) >= 11 is 0. The first-order chi connectivity index (χ1) is 11.6. The molecule has 1 fully saturated rings. The molecule has 0 aliphatic carbocycles. The SMILES string of the molecule is Cl.Nc1cccc2c1CCCN2C(=O)C1CC(=O)N(c2cn[nH]c2)C1. The number of carbonyl (C=O) groups excluding carboxylic acids is 2. The lowest BCUT2D eigenvalue weighted by atomic mass is 9.97. The van der Waals surface area contributed by atoms with Gasteiger partial charge in [-0.1, -0.05) is 6.07 Å². The molecule has 2 aliphatic rings. The quantitative estimate of drug-likeness (QED) is 0.796. The Balaban J connectivity index is 0.00000182. The second-order valence-electron chi connectivity index (χ2n) is 6.30. The molecule has 3 N–H and O–H groups in total. The molecule has 1 unspecified atom stereocenters. The molecule has 2 aromatic rings. The van der Waals surface area contributed by atoms with Gasteiger partial charge in [0.05, 0.1) is 17.8 Å². The maximum absolute atomic E-state index is 13.0. The zero-order valence-electron chi connectivity index (χ0n) is 13.6. The van der Waals surface area contributed by atoms with Crippen molar-refractivity contribution in [1.82, 2.24) is 10.2 Å². The van der Waals surface area contributed by atoms with Gasteiger partial charge in [-0.3, -0.25) is 14.7 Å². The van der Waals surface area contributed by atoms with Gasteiger partial charge in [-0.25, -0.2) is 0 Å². The Hall–Kier alpha value is -2.54. The van der Waals surface area contributed by atoms with Gasteiger partial charge in [0.2, 0.25) is 11.8 Å². The molecular formula is C17H20ClN5O2. The summed E-state index contributed by atoms with van der Waals surface area (Å²) in [6, 6.07) is 5.68. The number of aromatic nitrogens is 2. The zero-order chi connectivity index (χ0) is 16.7. The molecule has 0 radical (unpaired) electrons. The predicted octanol–water partition coefficient (Wildman–Crippen LogP) is 1.75. The molecule has 1 atom stereocenters. The second kappa shape index (κ2) is 6.76. The molecule has 0 spiro atoms. The van der Waals surface area contributed by atoms with Gasteiger partial charge in [-0.15, -0.1) is 12.4 Å². The number of fused-ring (bicyclic) bond motifs is 1. The average Bonchev–Trinajstić information content (AvgIpc) is 3.23. The van der Waals surface area contributed by atoms with Crippen molar-refractivity contribution in [1.29, 1.82) is 0 Å². The molecule has 0 bridgehead atoms. The predicted molar refractivity (Wildman–Crippen MR) is 97.8 cm³/mol. The summed E-state index contributed by atoms with van der Waals surface area (Å²) in [6.45, 7) is 1.07. The van der Waals surface area contributed by atoms with E-state index in [1.54, 1.807) is 22.2 Å². The highest BCUT2D eigenvalue weighted by Crippen LogP contribution is 2.34. The molecule has 2 amide bonds. The van der Waals surface area contributed by atoms with E-state index in [0.29, 0.717) is 18.8 Å². The highest BCUT2D eigenvalue weighted by Gasteiger charge is 2.38. The summed E-state index contributed by atoms with van der Waals surface area (Å²) in [5.41, 5.74) is 9.42. The van der Waals surface area contributed by atoms with Crippen molar-refractivity contribution in [3.05, 3.63) is 36.2 Å². The van der Waals surface area contributed by atoms with Crippen molar-refractivity contribution < 1.29 is 9.59 Å². The molecule has 7 nitrogen and oxygen atoms in total. The number of carbonyl (C=O) groups is 2. The third-order valence-corrected chi connectivity index (χ3v) is 4.82. The van der Waals surface area contributed by atoms with E-state index in [9.17, 15) is 9.59 Å². The largest absolute Gasteiger partial charge is 0.398 e. The van der Waals surface area contributed by atoms with Gasteiger partial charge in [0.15, 0.2) is 0 Å². The minimum absolute atomic E-state index is 0. The molecule has 1 aromatic heterocycles. The lowest BCUT2D eigenvalue weighted by molar-refractivity contribution is -0.124. The van der Waals surface area contributed by atoms with Crippen molar-refractivity contribution in [2.75, 3.05) is 28.6 Å². The van der Waals surface area contributed by atoms with Crippen LogP contribution in [0.2, 0.25) is 0 Å². The Kier molecular flexibility index (Phi) is 4.67. The van der Waals surface area contributed by atoms with E-state index >= 15 is 0 Å². The first-order valence-electron chi connectivity index (χ1n) is 8.13. The Labute approximate surface area is 151 Å². The van der Waals surface area contributed by atoms with Crippen LogP contribution in [0.3, 0.4) is 0 Å². The fraction of sp³-hybridized carbons (Fsp3) is 0.353. The molecule has 0 saturated carbocycles. The molecule has 1 aromatic carbocycles. The van der Waals surface area contributed by atoms with E-state index < -0.39 is 0 Å². The van der Waals surface area contributed by atoms with Crippen LogP contribution in [-0.4, -0.2) is 35.1 Å². The standard InChI is InChI=1S/C17H19N5O2.ClH/c18-14-4-1-5-15-13(14)3-2-6-21(15)17(24)11-7-16(23)22(10-11)12-8-19-20-9-12;/h1,4-5,8-9,11H,2-3,6-7,10,18H2,(H,19,20);1H. The van der Waals surface area contributed by atoms with E-state index in [-0.39, 0.29) is 36.6 Å². The van der Waals surface area contributed by atoms with Gasteiger partial charge < -0.3 is 15.5 Å². The maximum Gasteiger partial charge on any atom is 0.232 e. The van der Waals surface area contributed by atoms with Crippen molar-refractivity contribution in [2.45, 2.75) is 19.3 Å². The summed E-state index contributed by atoms with van der Waals surface area (Å²) in [6.07, 6.45) is 5.27. The van der Waals surface area contributed by atoms with Crippen LogP contribution in [0.1, 0.15) is 18.4 Å². The van der Waals surface area contributed by atoms with Crippen LogP contribution in [0, 0.1) is 5.92 Å². The molecule has 25 heavy (non-hydrogen) atoms. The Morgan fingerprint density at radius 2 is 2.20 bits per heavy atom. The van der Waals surface area contributed by atoms with Crippen LogP contribution < -0.4 is 15.5 Å². The number of rotatable bonds is 2. The molecule has 3 heterocycles. The molecule has 1 saturated heterocycles. The smallest absolute Gasteiger partial charge is 0.232 e. The topological polar surface area (TPSA) is 95.3 Å². The molecule has 8 heteroatoms. The number of hydrogen-bond donors (Lipinski definition) is 2. The summed E-state index contributed by atoms with van der Waals surface area (Å²) < 4.78 is 0. The van der Waals surface area contributed by atoms with Crippen molar-refractivity contribution >= 4 is 41.3 Å². The van der Waals surface area contributed by atoms with Crippen LogP contribution in [0.15, 0.2) is 30.6 Å². The van der Waals surface area contributed by atoms with Crippen molar-refractivity contribution in [3.63, 3.8) is 0 Å². The molecular weight excluding hydrogens is 342 g/mol. The minimum Gasteiger partial charge on any atom is -0.398 e. The summed E-state index contributed by atoms with van der Waals surface area (Å²) in [5.74, 6) is -0.375. The highest BCUT2D eigenvalue weighted by molar-refractivity contribution is 6.05. The Morgan fingerprint density at radius 1 is 1.36 bits per heavy atom. The number of amides is 2. The number of aromatic amines is 1. The maximum atomic E-state index is 13.0. The lowest BCUT2D eigenvalue weighted by Gasteiger charge is -2.32. The number of anilines is 3. The van der Waals surface area contributed by atoms with Gasteiger partial charge in [-0.2, -0.15) is 5.10 Å². The molecule has 132 valence electrons. The lowest BCUT2D eigenvalue weighted by Crippen LogP contribution is -2.40. The number of nitrogen functional groups attached to an aromatic ring is 1. The fourth-order valence-corrected chi connectivity index (χ4v) is 3.62. The van der Waals surface area contributed by atoms with Crippen molar-refractivity contribution in [3.8, 4) is 0 Å². The van der Waals surface area contributed by atoms with E-state index in [2.05, 4.69) is 10.2 Å². The number of nitrogens with zero attached hydrogens (tertiary/aromatic N) is 3. The number of benzene rings is 1. The number of H-pyrrole nitrogens is 1. The number of nitrogens with one attached hydrogen (secondary N) is 1. The first kappa shape index (κ1) is 17.3. The third-order valence-electron chi connectivity index (χ3n) is 4.82. The Bertz CT molecular complexity index is 792. The molecule has 4 rings (SSSR count). The van der Waals surface area contributed by atoms with E-state index in [1.807, 2.05) is 18.2 Å². The average molecular weight is 362 g/mol. The second-order valence-corrected chi connectivity index (χ2v) is 6.30. The van der Waals surface area contributed by atoms with E-state index in [0.717, 1.165) is 29.8 Å². The first-order valence-corrected chi connectivity index (χ1v) is 8.13. The van der Waals surface area contributed by atoms with Crippen LogP contribution in [-0.2, 0) is 16.0 Å². The highest BCUT2D eigenvalue weighted by atomic mass is 35.5. The molecule has 2 aliphatic heterocycles. The normalized spacial score (nSPS) is 19.5. The van der Waals surface area contributed by atoms with Gasteiger partial charge in [0.25, 0.3) is 0 Å². The van der Waals surface area contributed by atoms with Gasteiger partial charge in [-0.05, 0) is 30.5 Å². The zero-order valence-corrected chi connectivity index (χ0v) is 14.5. The van der Waals surface area contributed by atoms with Crippen LogP contribution in [0.4, 0.5) is 17.1 Å². The monoisotopic (exact) mass is 361 g/mol. The third kappa shape index (κ3) is 2.95. The van der Waals surface area contributed by atoms with Gasteiger partial charge in [0, 0.05) is 37.1 Å². The van der Waals surface area contributed by atoms with E-state index in [4.69, 9.17) is 5.73 Å². The van der Waals surface area contributed by atoms with Crippen LogP contribution in [0.5, 0.6) is 0 Å². The van der Waals surface area contributed by atoms with Crippen molar-refractivity contribution in [2.24, 2.45) is 5.92 Å². The Morgan fingerprint density at radius 3 is 2.96 bits per heavy atom. The summed E-state index contributed by atoms with van der Waals surface area (Å²) in [5, 5.41) is 6.57. The summed E-state index contributed by atoms with van der Waals surface area (Å²) in [4.78, 5) is 28.7. The fourth-order valence-electron chi connectivity index (χ4n) is 3.62.